The standard InChI is InChI=1S/C19H20FN3O4/c20-15-3-1-2-14(11-15)19(6-8-27-9-7-19)12-22-16-5-4-13(18(21)24)10-17(16)23(25)26/h1-5,10-11,22H,6-9,12H2,(H2,21,24). The maximum atomic E-state index is 13.8. The molecule has 27 heavy (non-hydrogen) atoms. The third-order valence-electron chi connectivity index (χ3n) is 4.98. The molecule has 142 valence electrons. The van der Waals surface area contributed by atoms with E-state index in [4.69, 9.17) is 10.5 Å². The van der Waals surface area contributed by atoms with E-state index in [1.807, 2.05) is 6.07 Å². The Bertz CT molecular complexity index is 866. The highest BCUT2D eigenvalue weighted by molar-refractivity contribution is 5.94. The molecule has 0 atom stereocenters. The predicted molar refractivity (Wildman–Crippen MR) is 98.2 cm³/mol. The van der Waals surface area contributed by atoms with Gasteiger partial charge in [-0.15, -0.1) is 0 Å². The van der Waals surface area contributed by atoms with E-state index in [2.05, 4.69) is 5.32 Å². The van der Waals surface area contributed by atoms with Crippen LogP contribution in [0.2, 0.25) is 0 Å². The molecule has 1 heterocycles. The van der Waals surface area contributed by atoms with E-state index in [1.54, 1.807) is 6.07 Å². The number of hydrogen-bond donors (Lipinski definition) is 2. The summed E-state index contributed by atoms with van der Waals surface area (Å²) in [7, 11) is 0. The summed E-state index contributed by atoms with van der Waals surface area (Å²) in [5.74, 6) is -1.06. The van der Waals surface area contributed by atoms with Crippen LogP contribution in [-0.4, -0.2) is 30.6 Å². The zero-order valence-corrected chi connectivity index (χ0v) is 14.6. The first kappa shape index (κ1) is 18.8. The molecule has 0 spiro atoms. The number of halogens is 1. The maximum absolute atomic E-state index is 13.8. The summed E-state index contributed by atoms with van der Waals surface area (Å²) in [6.45, 7) is 1.43. The molecule has 1 fully saturated rings. The number of nitro groups is 1. The molecule has 0 bridgehead atoms. The second-order valence-corrected chi connectivity index (χ2v) is 6.61. The van der Waals surface area contributed by atoms with Gasteiger partial charge < -0.3 is 15.8 Å². The van der Waals surface area contributed by atoms with Crippen molar-refractivity contribution in [3.63, 3.8) is 0 Å². The number of carbonyl (C=O) groups excluding carboxylic acids is 1. The van der Waals surface area contributed by atoms with Gasteiger partial charge in [-0.25, -0.2) is 4.39 Å². The first-order valence-corrected chi connectivity index (χ1v) is 8.57. The Hall–Kier alpha value is -3.00. The Morgan fingerprint density at radius 3 is 2.63 bits per heavy atom. The molecule has 0 saturated carbocycles. The highest BCUT2D eigenvalue weighted by Gasteiger charge is 2.35. The van der Waals surface area contributed by atoms with Crippen molar-refractivity contribution >= 4 is 17.3 Å². The number of carbonyl (C=O) groups is 1. The lowest BCUT2D eigenvalue weighted by molar-refractivity contribution is -0.384. The molecule has 1 aliphatic heterocycles. The number of ether oxygens (including phenoxy) is 1. The number of hydrogen-bond acceptors (Lipinski definition) is 5. The van der Waals surface area contributed by atoms with Gasteiger partial charge in [-0.05, 0) is 42.7 Å². The van der Waals surface area contributed by atoms with E-state index in [0.29, 0.717) is 32.6 Å². The number of nitrogens with zero attached hydrogens (tertiary/aromatic N) is 1. The van der Waals surface area contributed by atoms with Gasteiger partial charge in [0, 0.05) is 36.8 Å². The Morgan fingerprint density at radius 2 is 2.00 bits per heavy atom. The van der Waals surface area contributed by atoms with E-state index in [1.165, 1.54) is 24.3 Å². The average molecular weight is 373 g/mol. The zero-order valence-electron chi connectivity index (χ0n) is 14.6. The molecule has 0 unspecified atom stereocenters. The quantitative estimate of drug-likeness (QED) is 0.598. The van der Waals surface area contributed by atoms with Crippen molar-refractivity contribution in [3.05, 3.63) is 69.5 Å². The second-order valence-electron chi connectivity index (χ2n) is 6.61. The SMILES string of the molecule is NC(=O)c1ccc(NCC2(c3cccc(F)c3)CCOCC2)c([N+](=O)[O-])c1. The molecule has 3 N–H and O–H groups in total. The van der Waals surface area contributed by atoms with Crippen LogP contribution in [0.1, 0.15) is 28.8 Å². The van der Waals surface area contributed by atoms with E-state index in [0.717, 1.165) is 11.6 Å². The fourth-order valence-corrected chi connectivity index (χ4v) is 3.40. The molecule has 8 heteroatoms. The topological polar surface area (TPSA) is 107 Å². The normalized spacial score (nSPS) is 15.9. The number of amides is 1. The van der Waals surface area contributed by atoms with Crippen LogP contribution in [0.25, 0.3) is 0 Å². The van der Waals surface area contributed by atoms with Crippen LogP contribution in [0.3, 0.4) is 0 Å². The van der Waals surface area contributed by atoms with Crippen molar-refractivity contribution in [2.45, 2.75) is 18.3 Å². The number of rotatable bonds is 6. The summed E-state index contributed by atoms with van der Waals surface area (Å²) in [4.78, 5) is 22.1. The number of nitrogens with two attached hydrogens (primary N) is 1. The van der Waals surface area contributed by atoms with E-state index < -0.39 is 16.2 Å². The Balaban J connectivity index is 1.90. The van der Waals surface area contributed by atoms with Gasteiger partial charge in [-0.1, -0.05) is 12.1 Å². The first-order valence-electron chi connectivity index (χ1n) is 8.57. The van der Waals surface area contributed by atoms with Crippen LogP contribution >= 0.6 is 0 Å². The molecule has 2 aromatic rings. The molecule has 0 aliphatic carbocycles. The van der Waals surface area contributed by atoms with Crippen molar-refractivity contribution in [3.8, 4) is 0 Å². The maximum Gasteiger partial charge on any atom is 0.293 e. The monoisotopic (exact) mass is 373 g/mol. The molecule has 3 rings (SSSR count). The molecular weight excluding hydrogens is 353 g/mol. The van der Waals surface area contributed by atoms with Gasteiger partial charge in [0.25, 0.3) is 5.69 Å². The molecule has 7 nitrogen and oxygen atoms in total. The summed E-state index contributed by atoms with van der Waals surface area (Å²) in [6, 6.07) is 10.5. The van der Waals surface area contributed by atoms with Crippen LogP contribution in [0, 0.1) is 15.9 Å². The van der Waals surface area contributed by atoms with E-state index in [-0.39, 0.29) is 22.8 Å². The third kappa shape index (κ3) is 4.06. The summed E-state index contributed by atoms with van der Waals surface area (Å²) in [6.07, 6.45) is 1.33. The van der Waals surface area contributed by atoms with Crippen LogP contribution in [-0.2, 0) is 10.2 Å². The van der Waals surface area contributed by atoms with E-state index in [9.17, 15) is 19.3 Å². The lowest BCUT2D eigenvalue weighted by Crippen LogP contribution is -2.40. The summed E-state index contributed by atoms with van der Waals surface area (Å²) in [5.41, 5.74) is 5.75. The Kier molecular flexibility index (Phi) is 5.36. The van der Waals surface area contributed by atoms with Crippen molar-refractivity contribution in [1.82, 2.24) is 0 Å². The molecule has 2 aromatic carbocycles. The Labute approximate surface area is 155 Å². The minimum absolute atomic E-state index is 0.0677. The number of benzene rings is 2. The van der Waals surface area contributed by atoms with Gasteiger partial charge in [0.1, 0.15) is 11.5 Å². The number of anilines is 1. The lowest BCUT2D eigenvalue weighted by Gasteiger charge is -2.38. The van der Waals surface area contributed by atoms with Gasteiger partial charge >= 0.3 is 0 Å². The number of nitrogens with one attached hydrogen (secondary N) is 1. The number of nitro benzene ring substituents is 1. The van der Waals surface area contributed by atoms with Crippen LogP contribution < -0.4 is 11.1 Å². The van der Waals surface area contributed by atoms with Crippen molar-refractivity contribution in [2.75, 3.05) is 25.1 Å². The van der Waals surface area contributed by atoms with Gasteiger partial charge in [0.15, 0.2) is 0 Å². The molecule has 0 radical (unpaired) electrons. The number of primary amides is 1. The lowest BCUT2D eigenvalue weighted by atomic mass is 9.74. The highest BCUT2D eigenvalue weighted by atomic mass is 19.1. The largest absolute Gasteiger partial charge is 0.381 e. The van der Waals surface area contributed by atoms with Gasteiger partial charge in [-0.3, -0.25) is 14.9 Å². The van der Waals surface area contributed by atoms with Crippen LogP contribution in [0.4, 0.5) is 15.8 Å². The average Bonchev–Trinajstić information content (AvgIpc) is 2.67. The van der Waals surface area contributed by atoms with Crippen molar-refractivity contribution in [2.24, 2.45) is 5.73 Å². The second kappa shape index (κ2) is 7.71. The highest BCUT2D eigenvalue weighted by Crippen LogP contribution is 2.36. The summed E-state index contributed by atoms with van der Waals surface area (Å²) in [5, 5.41) is 14.5. The predicted octanol–water partition coefficient (Wildman–Crippen LogP) is 2.99. The minimum atomic E-state index is -0.731. The fourth-order valence-electron chi connectivity index (χ4n) is 3.40. The van der Waals surface area contributed by atoms with Crippen molar-refractivity contribution < 1.29 is 18.8 Å². The zero-order chi connectivity index (χ0) is 19.4. The minimum Gasteiger partial charge on any atom is -0.381 e. The Morgan fingerprint density at radius 1 is 1.26 bits per heavy atom. The fraction of sp³-hybridized carbons (Fsp3) is 0.316. The molecule has 1 amide bonds. The molecule has 1 aliphatic rings. The molecule has 1 saturated heterocycles. The van der Waals surface area contributed by atoms with Gasteiger partial charge in [-0.2, -0.15) is 0 Å². The van der Waals surface area contributed by atoms with Crippen LogP contribution in [0.5, 0.6) is 0 Å². The van der Waals surface area contributed by atoms with E-state index >= 15 is 0 Å². The summed E-state index contributed by atoms with van der Waals surface area (Å²) < 4.78 is 19.2. The van der Waals surface area contributed by atoms with Crippen molar-refractivity contribution in [1.29, 1.82) is 0 Å². The summed E-state index contributed by atoms with van der Waals surface area (Å²) >= 11 is 0. The first-order chi connectivity index (χ1) is 12.9. The third-order valence-corrected chi connectivity index (χ3v) is 4.98. The van der Waals surface area contributed by atoms with Crippen LogP contribution in [0.15, 0.2) is 42.5 Å². The molecule has 0 aromatic heterocycles. The molecular formula is C19H20FN3O4. The smallest absolute Gasteiger partial charge is 0.293 e. The van der Waals surface area contributed by atoms with Gasteiger partial charge in [0.05, 0.1) is 4.92 Å². The van der Waals surface area contributed by atoms with Gasteiger partial charge in [0.2, 0.25) is 5.91 Å².